The van der Waals surface area contributed by atoms with E-state index in [1.54, 1.807) is 11.1 Å². The molecular formula is C16H24N4O4. The highest BCUT2D eigenvalue weighted by Gasteiger charge is 2.36. The van der Waals surface area contributed by atoms with E-state index in [4.69, 9.17) is 9.47 Å². The van der Waals surface area contributed by atoms with Gasteiger partial charge in [-0.15, -0.1) is 0 Å². The van der Waals surface area contributed by atoms with Gasteiger partial charge in [0, 0.05) is 32.4 Å². The van der Waals surface area contributed by atoms with Gasteiger partial charge in [-0.3, -0.25) is 4.98 Å². The molecule has 2 aliphatic rings. The molecule has 2 aliphatic heterocycles. The van der Waals surface area contributed by atoms with Gasteiger partial charge in [0.2, 0.25) is 0 Å². The molecule has 132 valence electrons. The van der Waals surface area contributed by atoms with Crippen LogP contribution in [0.2, 0.25) is 0 Å². The Morgan fingerprint density at radius 3 is 2.96 bits per heavy atom. The average molecular weight is 336 g/mol. The SMILES string of the molecule is O=C(NCC1OCC(NCc2ccccn2)C1O)N1CCOCC1. The van der Waals surface area contributed by atoms with Crippen molar-refractivity contribution in [2.45, 2.75) is 24.8 Å². The van der Waals surface area contributed by atoms with E-state index in [0.717, 1.165) is 5.69 Å². The summed E-state index contributed by atoms with van der Waals surface area (Å²) in [5, 5.41) is 16.4. The van der Waals surface area contributed by atoms with Gasteiger partial charge in [-0.2, -0.15) is 0 Å². The number of morpholine rings is 1. The predicted molar refractivity (Wildman–Crippen MR) is 86.4 cm³/mol. The van der Waals surface area contributed by atoms with Crippen molar-refractivity contribution in [2.75, 3.05) is 39.5 Å². The third-order valence-corrected chi connectivity index (χ3v) is 4.31. The molecule has 24 heavy (non-hydrogen) atoms. The number of pyridine rings is 1. The monoisotopic (exact) mass is 336 g/mol. The van der Waals surface area contributed by atoms with Gasteiger partial charge in [-0.05, 0) is 12.1 Å². The Balaban J connectivity index is 1.40. The van der Waals surface area contributed by atoms with Crippen LogP contribution in [0.3, 0.4) is 0 Å². The van der Waals surface area contributed by atoms with E-state index in [-0.39, 0.29) is 12.1 Å². The molecule has 0 spiro atoms. The summed E-state index contributed by atoms with van der Waals surface area (Å²) in [6, 6.07) is 5.41. The van der Waals surface area contributed by atoms with Gasteiger partial charge in [0.15, 0.2) is 0 Å². The molecule has 2 amide bonds. The molecule has 2 saturated heterocycles. The lowest BCUT2D eigenvalue weighted by atomic mass is 10.1. The van der Waals surface area contributed by atoms with Crippen LogP contribution >= 0.6 is 0 Å². The molecule has 3 atom stereocenters. The lowest BCUT2D eigenvalue weighted by Gasteiger charge is -2.27. The topological polar surface area (TPSA) is 96.0 Å². The van der Waals surface area contributed by atoms with E-state index in [9.17, 15) is 9.90 Å². The van der Waals surface area contributed by atoms with E-state index in [2.05, 4.69) is 15.6 Å². The summed E-state index contributed by atoms with van der Waals surface area (Å²) >= 11 is 0. The van der Waals surface area contributed by atoms with Crippen molar-refractivity contribution in [1.82, 2.24) is 20.5 Å². The van der Waals surface area contributed by atoms with Crippen LogP contribution in [0.1, 0.15) is 5.69 Å². The van der Waals surface area contributed by atoms with Crippen LogP contribution in [-0.2, 0) is 16.0 Å². The van der Waals surface area contributed by atoms with Crippen LogP contribution in [-0.4, -0.2) is 78.7 Å². The number of ether oxygens (including phenoxy) is 2. The molecule has 3 N–H and O–H groups in total. The number of nitrogens with zero attached hydrogens (tertiary/aromatic N) is 2. The summed E-state index contributed by atoms with van der Waals surface area (Å²) in [5.74, 6) is 0. The maximum Gasteiger partial charge on any atom is 0.317 e. The normalized spacial score (nSPS) is 27.2. The van der Waals surface area contributed by atoms with E-state index < -0.39 is 12.2 Å². The Kier molecular flexibility index (Phi) is 5.97. The van der Waals surface area contributed by atoms with Gasteiger partial charge in [-0.1, -0.05) is 6.07 Å². The quantitative estimate of drug-likeness (QED) is 0.661. The van der Waals surface area contributed by atoms with E-state index in [1.807, 2.05) is 18.2 Å². The zero-order valence-corrected chi connectivity index (χ0v) is 13.6. The molecule has 2 fully saturated rings. The van der Waals surface area contributed by atoms with Gasteiger partial charge in [0.1, 0.15) is 6.10 Å². The molecule has 8 nitrogen and oxygen atoms in total. The molecule has 0 radical (unpaired) electrons. The minimum absolute atomic E-state index is 0.140. The van der Waals surface area contributed by atoms with Gasteiger partial charge in [0.05, 0.1) is 37.7 Å². The van der Waals surface area contributed by atoms with Crippen LogP contribution in [0.15, 0.2) is 24.4 Å². The number of hydrogen-bond donors (Lipinski definition) is 3. The fraction of sp³-hybridized carbons (Fsp3) is 0.625. The maximum atomic E-state index is 12.1. The van der Waals surface area contributed by atoms with Crippen LogP contribution in [0.4, 0.5) is 4.79 Å². The highest BCUT2D eigenvalue weighted by Crippen LogP contribution is 2.14. The molecule has 3 heterocycles. The molecule has 3 rings (SSSR count). The van der Waals surface area contributed by atoms with Crippen molar-refractivity contribution in [3.05, 3.63) is 30.1 Å². The molecular weight excluding hydrogens is 312 g/mol. The Hall–Kier alpha value is -1.74. The van der Waals surface area contributed by atoms with Crippen molar-refractivity contribution >= 4 is 6.03 Å². The lowest BCUT2D eigenvalue weighted by molar-refractivity contribution is 0.0360. The molecule has 0 saturated carbocycles. The Morgan fingerprint density at radius 2 is 2.21 bits per heavy atom. The van der Waals surface area contributed by atoms with Crippen LogP contribution in [0, 0.1) is 0 Å². The summed E-state index contributed by atoms with van der Waals surface area (Å²) in [5.41, 5.74) is 0.911. The molecule has 0 aromatic carbocycles. The summed E-state index contributed by atoms with van der Waals surface area (Å²) in [6.07, 6.45) is 0.665. The molecule has 1 aromatic heterocycles. The number of carbonyl (C=O) groups is 1. The number of aliphatic hydroxyl groups is 1. The van der Waals surface area contributed by atoms with Crippen molar-refractivity contribution in [2.24, 2.45) is 0 Å². The first kappa shape index (κ1) is 17.1. The summed E-state index contributed by atoms with van der Waals surface area (Å²) in [4.78, 5) is 18.0. The van der Waals surface area contributed by atoms with Gasteiger partial charge >= 0.3 is 6.03 Å². The number of nitrogens with one attached hydrogen (secondary N) is 2. The van der Waals surface area contributed by atoms with Crippen molar-refractivity contribution in [1.29, 1.82) is 0 Å². The second-order valence-corrected chi connectivity index (χ2v) is 5.96. The summed E-state index contributed by atoms with van der Waals surface area (Å²) in [7, 11) is 0. The molecule has 0 aliphatic carbocycles. The van der Waals surface area contributed by atoms with Gasteiger partial charge < -0.3 is 30.1 Å². The molecule has 1 aromatic rings. The summed E-state index contributed by atoms with van der Waals surface area (Å²) in [6.45, 7) is 3.58. The third kappa shape index (κ3) is 4.41. The fourth-order valence-electron chi connectivity index (χ4n) is 2.85. The zero-order valence-electron chi connectivity index (χ0n) is 13.6. The Labute approximate surface area is 141 Å². The van der Waals surface area contributed by atoms with Crippen LogP contribution < -0.4 is 10.6 Å². The standard InChI is InChI=1S/C16H24N4O4/c21-15-13(18-9-12-3-1-2-4-17-12)11-24-14(15)10-19-16(22)20-5-7-23-8-6-20/h1-4,13-15,18,21H,5-11H2,(H,19,22). The highest BCUT2D eigenvalue weighted by atomic mass is 16.5. The number of rotatable bonds is 5. The number of urea groups is 1. The molecule has 3 unspecified atom stereocenters. The maximum absolute atomic E-state index is 12.1. The minimum Gasteiger partial charge on any atom is -0.389 e. The molecule has 0 bridgehead atoms. The Bertz CT molecular complexity index is 524. The first-order chi connectivity index (χ1) is 11.7. The molecule has 8 heteroatoms. The zero-order chi connectivity index (χ0) is 16.8. The number of aromatic nitrogens is 1. The second kappa shape index (κ2) is 8.39. The summed E-state index contributed by atoms with van der Waals surface area (Å²) < 4.78 is 10.8. The van der Waals surface area contributed by atoms with E-state index in [1.165, 1.54) is 0 Å². The van der Waals surface area contributed by atoms with Crippen LogP contribution in [0.25, 0.3) is 0 Å². The van der Waals surface area contributed by atoms with E-state index >= 15 is 0 Å². The fourth-order valence-corrected chi connectivity index (χ4v) is 2.85. The smallest absolute Gasteiger partial charge is 0.317 e. The van der Waals surface area contributed by atoms with Crippen LogP contribution in [0.5, 0.6) is 0 Å². The lowest BCUT2D eigenvalue weighted by Crippen LogP contribution is -2.50. The van der Waals surface area contributed by atoms with E-state index in [0.29, 0.717) is 46.0 Å². The highest BCUT2D eigenvalue weighted by molar-refractivity contribution is 5.74. The van der Waals surface area contributed by atoms with Crippen molar-refractivity contribution in [3.63, 3.8) is 0 Å². The number of amides is 2. The number of hydrogen-bond acceptors (Lipinski definition) is 6. The minimum atomic E-state index is -0.668. The number of carbonyl (C=O) groups excluding carboxylic acids is 1. The van der Waals surface area contributed by atoms with Gasteiger partial charge in [0.25, 0.3) is 0 Å². The first-order valence-electron chi connectivity index (χ1n) is 8.27. The average Bonchev–Trinajstić information content (AvgIpc) is 2.99. The third-order valence-electron chi connectivity index (χ3n) is 4.31. The van der Waals surface area contributed by atoms with Crippen molar-refractivity contribution in [3.8, 4) is 0 Å². The largest absolute Gasteiger partial charge is 0.389 e. The Morgan fingerprint density at radius 1 is 1.38 bits per heavy atom. The van der Waals surface area contributed by atoms with Crippen molar-refractivity contribution < 1.29 is 19.4 Å². The first-order valence-corrected chi connectivity index (χ1v) is 8.27. The second-order valence-electron chi connectivity index (χ2n) is 5.96. The number of aliphatic hydroxyl groups excluding tert-OH is 1. The van der Waals surface area contributed by atoms with Gasteiger partial charge in [-0.25, -0.2) is 4.79 Å². The predicted octanol–water partition coefficient (Wildman–Crippen LogP) is -0.659.